The molecule has 11 amide bonds. The van der Waals surface area contributed by atoms with Crippen molar-refractivity contribution in [3.8, 4) is 5.75 Å². The zero-order valence-corrected chi connectivity index (χ0v) is 50.1. The minimum atomic E-state index is -2.44. The fraction of sp³-hybridized carbons (Fsp3) is 0.618. The van der Waals surface area contributed by atoms with Crippen molar-refractivity contribution in [1.82, 2.24) is 57.3 Å². The van der Waals surface area contributed by atoms with Crippen molar-refractivity contribution in [2.24, 2.45) is 17.6 Å². The first-order valence-electron chi connectivity index (χ1n) is 28.7. The Labute approximate surface area is 503 Å². The maximum atomic E-state index is 15.3. The lowest BCUT2D eigenvalue weighted by atomic mass is 9.93. The zero-order valence-electron chi connectivity index (χ0n) is 48.5. The number of aliphatic hydroxyl groups excluding tert-OH is 4. The van der Waals surface area contributed by atoms with E-state index in [4.69, 9.17) is 10.5 Å². The van der Waals surface area contributed by atoms with E-state index < -0.39 is 182 Å². The van der Waals surface area contributed by atoms with Crippen molar-refractivity contribution < 1.29 is 82.1 Å². The maximum Gasteiger partial charge on any atom is 0.248 e. The van der Waals surface area contributed by atoms with E-state index in [9.17, 15) is 73.2 Å². The summed E-state index contributed by atoms with van der Waals surface area (Å²) in [4.78, 5) is 157. The van der Waals surface area contributed by atoms with Gasteiger partial charge in [-0.2, -0.15) is 11.8 Å². The number of ether oxygens (including phenoxy) is 1. The first-order chi connectivity index (χ1) is 41.0. The van der Waals surface area contributed by atoms with E-state index in [0.29, 0.717) is 86.0 Å². The van der Waals surface area contributed by atoms with Crippen molar-refractivity contribution in [3.63, 3.8) is 0 Å². The maximum absolute atomic E-state index is 15.3. The van der Waals surface area contributed by atoms with Crippen molar-refractivity contribution in [2.75, 3.05) is 57.9 Å². The Kier molecular flexibility index (Phi) is 25.3. The van der Waals surface area contributed by atoms with Crippen LogP contribution in [0.1, 0.15) is 89.7 Å². The van der Waals surface area contributed by atoms with Gasteiger partial charge < -0.3 is 88.2 Å². The molecule has 1 aromatic heterocycles. The van der Waals surface area contributed by atoms with Crippen LogP contribution in [0.25, 0.3) is 10.9 Å². The number of nitrogens with two attached hydrogens (primary N) is 1. The van der Waals surface area contributed by atoms with Crippen LogP contribution in [-0.2, 0) is 75.7 Å². The normalized spacial score (nSPS) is 25.8. The van der Waals surface area contributed by atoms with Crippen LogP contribution < -0.4 is 53.0 Å². The second kappa shape index (κ2) is 32.0. The molecule has 2 aromatic rings. The Morgan fingerprint density at radius 1 is 0.860 bits per heavy atom. The highest BCUT2D eigenvalue weighted by Gasteiger charge is 2.45. The van der Waals surface area contributed by atoms with Crippen LogP contribution in [0.2, 0.25) is 0 Å². The van der Waals surface area contributed by atoms with Gasteiger partial charge in [0.25, 0.3) is 0 Å². The Bertz CT molecular complexity index is 2910. The van der Waals surface area contributed by atoms with E-state index in [2.05, 4.69) is 47.5 Å². The number of carbonyl (C=O) groups excluding carboxylic acids is 11. The molecule has 12 atom stereocenters. The van der Waals surface area contributed by atoms with Gasteiger partial charge in [0.15, 0.2) is 0 Å². The van der Waals surface area contributed by atoms with E-state index in [1.54, 1.807) is 26.0 Å². The Balaban J connectivity index is 1.38. The van der Waals surface area contributed by atoms with Crippen LogP contribution in [0.3, 0.4) is 0 Å². The molecule has 5 heterocycles. The number of hydrogen-bond donors (Lipinski definition) is 14. The number of aromatic nitrogens is 1. The number of aromatic amines is 1. The number of unbranched alkanes of at least 4 members (excludes halogenated alkanes) is 3. The molecule has 15 N–H and O–H groups in total. The minimum absolute atomic E-state index is 0.115. The monoisotopic (exact) mass is 1240 g/mol. The largest absolute Gasteiger partial charge is 0.496 e. The quantitative estimate of drug-likeness (QED) is 0.0527. The van der Waals surface area contributed by atoms with Crippen LogP contribution in [-0.4, -0.2) is 217 Å². The topological polar surface area (TPSA) is 440 Å². The molecule has 0 spiro atoms. The third-order valence-electron chi connectivity index (χ3n) is 15.6. The molecular formula is C55H80N12O17S2. The Morgan fingerprint density at radius 2 is 1.58 bits per heavy atom. The van der Waals surface area contributed by atoms with Gasteiger partial charge in [0.1, 0.15) is 53.3 Å². The molecule has 1 aromatic carbocycles. The molecule has 31 heteroatoms. The molecule has 29 nitrogen and oxygen atoms in total. The number of methoxy groups -OCH3 is 1. The van der Waals surface area contributed by atoms with Crippen LogP contribution in [0, 0.1) is 11.8 Å². The molecule has 0 aliphatic carbocycles. The van der Waals surface area contributed by atoms with E-state index in [1.807, 2.05) is 0 Å². The highest BCUT2D eigenvalue weighted by Crippen LogP contribution is 2.36. The van der Waals surface area contributed by atoms with E-state index >= 15 is 4.21 Å². The van der Waals surface area contributed by atoms with Gasteiger partial charge in [0.05, 0.1) is 67.5 Å². The third-order valence-corrected chi connectivity index (χ3v) is 18.1. The number of thioether (sulfide) groups is 1. The molecule has 6 rings (SSSR count). The SMILES string of the molecule is CC[C@H](C)[C@@H]1NC(=O)CNC(=O)[C@@H]2Cc3c([nH]c4c(CSCCCCNC(=O)CCCCCN5C(=O)C=CC5O)c(OC)ccc34)S(=O)C[C@H](NC(=O)CNC1=O)C(=O)N[C@@H](CC(N)=O)C(=O)N1C[C@H](O)C[C@@H]1C(=O)N[C@@H]([C@@H](C)[C@@H](O)CO)C(=O)N2. The van der Waals surface area contributed by atoms with E-state index in [0.717, 1.165) is 4.90 Å². The summed E-state index contributed by atoms with van der Waals surface area (Å²) in [6.45, 7) is 2.49. The molecule has 1 fully saturated rings. The van der Waals surface area contributed by atoms with Gasteiger partial charge in [-0.15, -0.1) is 0 Å². The average molecular weight is 1250 g/mol. The molecule has 4 aliphatic heterocycles. The second-order valence-electron chi connectivity index (χ2n) is 21.8. The summed E-state index contributed by atoms with van der Waals surface area (Å²) in [7, 11) is -1.01. The standard InChI is InChI=1S/C55H80N12O17S2/c1-5-28(2)46-52(80)59-22-42(73)60-36-27-86(83)54-32(31-12-13-39(84-4)33(48(31)65-54)26-85-18-10-8-16-57-41(72)11-7-6-9-17-66-44(75)14-15-45(66)76)20-34(49(77)58-23-43(74)63-46)61-53(81)47(29(3)38(70)25-68)64-51(79)37-19-30(69)24-67(37)55(82)35(21-40(56)71)62-50(36)78/h12-15,28-30,34-38,44,46-47,65,68-70,75H,5-11,16-27H2,1-4H3,(H2,56,71)(H,57,72)(H,58,77)(H,59,80)(H,60,73)(H,61,81)(H,62,78)(H,63,74)(H,64,79)/t28-,29-,30+,34-,35-,36-,37+,38-,44?,46-,47-,86?/m0/s1. The summed E-state index contributed by atoms with van der Waals surface area (Å²) >= 11 is 1.50. The second-order valence-corrected chi connectivity index (χ2v) is 24.4. The average Bonchev–Trinajstić information content (AvgIpc) is 1.68. The summed E-state index contributed by atoms with van der Waals surface area (Å²) in [5.74, 6) is -11.1. The summed E-state index contributed by atoms with van der Waals surface area (Å²) in [6.07, 6.45) is 0.793. The number of primary amides is 1. The lowest BCUT2D eigenvalue weighted by Crippen LogP contribution is -2.62. The number of amides is 11. The molecule has 4 aliphatic rings. The zero-order chi connectivity index (χ0) is 62.9. The summed E-state index contributed by atoms with van der Waals surface area (Å²) in [6, 6.07) is -6.92. The molecular weight excluding hydrogens is 1160 g/mol. The smallest absolute Gasteiger partial charge is 0.248 e. The van der Waals surface area contributed by atoms with Crippen LogP contribution in [0.15, 0.2) is 29.3 Å². The number of H-pyrrole nitrogens is 1. The van der Waals surface area contributed by atoms with Crippen molar-refractivity contribution >= 4 is 98.4 Å². The minimum Gasteiger partial charge on any atom is -0.496 e. The predicted molar refractivity (Wildman–Crippen MR) is 311 cm³/mol. The van der Waals surface area contributed by atoms with Gasteiger partial charge in [0, 0.05) is 67.6 Å². The fourth-order valence-electron chi connectivity index (χ4n) is 10.5. The Hall–Kier alpha value is -7.19. The van der Waals surface area contributed by atoms with Gasteiger partial charge >= 0.3 is 0 Å². The van der Waals surface area contributed by atoms with Crippen molar-refractivity contribution in [1.29, 1.82) is 0 Å². The number of nitrogens with zero attached hydrogens (tertiary/aromatic N) is 2. The number of fused-ring (bicyclic) bond motifs is 5. The summed E-state index contributed by atoms with van der Waals surface area (Å²) in [5.41, 5.74) is 6.59. The molecule has 2 bridgehead atoms. The summed E-state index contributed by atoms with van der Waals surface area (Å²) < 4.78 is 21.1. The fourth-order valence-corrected chi connectivity index (χ4v) is 12.9. The van der Waals surface area contributed by atoms with E-state index in [1.165, 1.54) is 42.8 Å². The van der Waals surface area contributed by atoms with Crippen LogP contribution in [0.4, 0.5) is 0 Å². The molecule has 0 radical (unpaired) electrons. The van der Waals surface area contributed by atoms with Gasteiger partial charge in [-0.3, -0.25) is 56.9 Å². The van der Waals surface area contributed by atoms with Crippen molar-refractivity contribution in [2.45, 2.75) is 150 Å². The number of hydrogen-bond acceptors (Lipinski definition) is 18. The number of rotatable bonds is 21. The first kappa shape index (κ1) is 67.9. The number of benzene rings is 1. The molecule has 2 unspecified atom stereocenters. The molecule has 86 heavy (non-hydrogen) atoms. The third kappa shape index (κ3) is 18.0. The van der Waals surface area contributed by atoms with Crippen molar-refractivity contribution in [3.05, 3.63) is 35.4 Å². The number of carbonyl (C=O) groups is 11. The lowest BCUT2D eigenvalue weighted by molar-refractivity contribution is -0.144. The first-order valence-corrected chi connectivity index (χ1v) is 31.1. The lowest BCUT2D eigenvalue weighted by Gasteiger charge is -2.32. The van der Waals surface area contributed by atoms with E-state index in [-0.39, 0.29) is 28.2 Å². The van der Waals surface area contributed by atoms with Crippen LogP contribution in [0.5, 0.6) is 5.75 Å². The highest BCUT2D eigenvalue weighted by molar-refractivity contribution is 7.98. The predicted octanol–water partition coefficient (Wildman–Crippen LogP) is -4.21. The molecule has 1 saturated heterocycles. The molecule has 0 saturated carbocycles. The highest BCUT2D eigenvalue weighted by atomic mass is 32.2. The number of aliphatic hydroxyl groups is 4. The van der Waals surface area contributed by atoms with Crippen LogP contribution >= 0.6 is 11.8 Å². The van der Waals surface area contributed by atoms with Gasteiger partial charge in [0.2, 0.25) is 65.0 Å². The Morgan fingerprint density at radius 3 is 2.26 bits per heavy atom. The summed E-state index contributed by atoms with van der Waals surface area (Å²) in [5, 5.41) is 62.4. The molecule has 474 valence electrons. The van der Waals surface area contributed by atoms with Gasteiger partial charge in [-0.05, 0) is 61.1 Å². The van der Waals surface area contributed by atoms with Gasteiger partial charge in [-0.1, -0.05) is 33.6 Å². The number of nitrogens with one attached hydrogen (secondary N) is 9. The van der Waals surface area contributed by atoms with Gasteiger partial charge in [-0.25, -0.2) is 0 Å².